The highest BCUT2D eigenvalue weighted by atomic mass is 16.3. The summed E-state index contributed by atoms with van der Waals surface area (Å²) < 4.78 is 0. The molecule has 0 spiro atoms. The molecular weight excluding hydrogens is 232 g/mol. The standard InChI is InChI=1S/C13H18N2O3/c1-8-6-9(2)14-12(17)11(8)13(18)15-5-3-4-10(16)7-15/h6,10,16H,3-5,7H2,1-2H3,(H,14,17). The van der Waals surface area contributed by atoms with Crippen LogP contribution in [0.25, 0.3) is 0 Å². The number of rotatable bonds is 1. The summed E-state index contributed by atoms with van der Waals surface area (Å²) in [6.07, 6.45) is 1.01. The molecule has 1 saturated heterocycles. The van der Waals surface area contributed by atoms with Gasteiger partial charge in [-0.15, -0.1) is 0 Å². The number of amides is 1. The number of hydrogen-bond donors (Lipinski definition) is 2. The molecule has 98 valence electrons. The minimum Gasteiger partial charge on any atom is -0.391 e. The van der Waals surface area contributed by atoms with Crippen molar-refractivity contribution in [3.8, 4) is 0 Å². The summed E-state index contributed by atoms with van der Waals surface area (Å²) in [6, 6.07) is 1.79. The minimum absolute atomic E-state index is 0.190. The maximum atomic E-state index is 12.3. The van der Waals surface area contributed by atoms with E-state index in [1.807, 2.05) is 0 Å². The zero-order valence-corrected chi connectivity index (χ0v) is 10.7. The van der Waals surface area contributed by atoms with Crippen LogP contribution in [0.3, 0.4) is 0 Å². The van der Waals surface area contributed by atoms with Crippen molar-refractivity contribution in [3.05, 3.63) is 33.2 Å². The van der Waals surface area contributed by atoms with E-state index >= 15 is 0 Å². The highest BCUT2D eigenvalue weighted by Gasteiger charge is 2.25. The first-order valence-corrected chi connectivity index (χ1v) is 6.17. The van der Waals surface area contributed by atoms with Gasteiger partial charge in [-0.1, -0.05) is 0 Å². The average molecular weight is 250 g/mol. The highest BCUT2D eigenvalue weighted by molar-refractivity contribution is 5.95. The molecule has 0 radical (unpaired) electrons. The number of nitrogens with one attached hydrogen (secondary N) is 1. The molecular formula is C13H18N2O3. The SMILES string of the molecule is Cc1cc(C)c(C(=O)N2CCCC(O)C2)c(=O)[nH]1. The van der Waals surface area contributed by atoms with E-state index in [9.17, 15) is 14.7 Å². The Bertz CT molecular complexity index is 521. The fraction of sp³-hybridized carbons (Fsp3) is 0.538. The number of likely N-dealkylation sites (tertiary alicyclic amines) is 1. The second kappa shape index (κ2) is 4.94. The second-order valence-corrected chi connectivity index (χ2v) is 4.89. The first-order valence-electron chi connectivity index (χ1n) is 6.17. The summed E-state index contributed by atoms with van der Waals surface area (Å²) in [5.41, 5.74) is 1.27. The number of aliphatic hydroxyl groups excluding tert-OH is 1. The summed E-state index contributed by atoms with van der Waals surface area (Å²) in [6.45, 7) is 4.46. The van der Waals surface area contributed by atoms with Gasteiger partial charge in [-0.2, -0.15) is 0 Å². The van der Waals surface area contributed by atoms with Crippen LogP contribution in [0.15, 0.2) is 10.9 Å². The molecule has 0 aromatic carbocycles. The molecule has 0 saturated carbocycles. The summed E-state index contributed by atoms with van der Waals surface area (Å²) in [7, 11) is 0. The van der Waals surface area contributed by atoms with Crippen LogP contribution in [-0.2, 0) is 0 Å². The van der Waals surface area contributed by atoms with E-state index in [0.29, 0.717) is 25.1 Å². The topological polar surface area (TPSA) is 73.4 Å². The molecule has 1 aliphatic heterocycles. The minimum atomic E-state index is -0.479. The number of carbonyl (C=O) groups excluding carboxylic acids is 1. The van der Waals surface area contributed by atoms with Crippen LogP contribution >= 0.6 is 0 Å². The van der Waals surface area contributed by atoms with Crippen LogP contribution in [0.2, 0.25) is 0 Å². The number of aromatic amines is 1. The lowest BCUT2D eigenvalue weighted by Gasteiger charge is -2.30. The number of H-pyrrole nitrogens is 1. The summed E-state index contributed by atoms with van der Waals surface area (Å²) in [5, 5.41) is 9.58. The molecule has 0 aliphatic carbocycles. The Morgan fingerprint density at radius 1 is 1.50 bits per heavy atom. The summed E-state index contributed by atoms with van der Waals surface area (Å²) >= 11 is 0. The maximum absolute atomic E-state index is 12.3. The average Bonchev–Trinajstić information content (AvgIpc) is 2.27. The van der Waals surface area contributed by atoms with Crippen molar-refractivity contribution in [2.75, 3.05) is 13.1 Å². The zero-order valence-electron chi connectivity index (χ0n) is 10.7. The van der Waals surface area contributed by atoms with Crippen molar-refractivity contribution in [2.24, 2.45) is 0 Å². The van der Waals surface area contributed by atoms with Gasteiger partial charge in [0.25, 0.3) is 11.5 Å². The predicted molar refractivity (Wildman–Crippen MR) is 67.7 cm³/mol. The fourth-order valence-corrected chi connectivity index (χ4v) is 2.42. The summed E-state index contributed by atoms with van der Waals surface area (Å²) in [5.74, 6) is -0.285. The largest absolute Gasteiger partial charge is 0.391 e. The predicted octanol–water partition coefficient (Wildman–Crippen LogP) is 0.589. The molecule has 2 N–H and O–H groups in total. The Labute approximate surface area is 105 Å². The van der Waals surface area contributed by atoms with E-state index < -0.39 is 6.10 Å². The van der Waals surface area contributed by atoms with Crippen molar-refractivity contribution in [1.82, 2.24) is 9.88 Å². The monoisotopic (exact) mass is 250 g/mol. The van der Waals surface area contributed by atoms with Crippen molar-refractivity contribution in [3.63, 3.8) is 0 Å². The van der Waals surface area contributed by atoms with Gasteiger partial charge in [0.1, 0.15) is 5.56 Å². The van der Waals surface area contributed by atoms with Gasteiger partial charge in [-0.05, 0) is 38.3 Å². The molecule has 1 aliphatic rings. The molecule has 5 heteroatoms. The molecule has 2 rings (SSSR count). The quantitative estimate of drug-likeness (QED) is 0.766. The van der Waals surface area contributed by atoms with Gasteiger partial charge < -0.3 is 15.0 Å². The van der Waals surface area contributed by atoms with Crippen LogP contribution in [0.5, 0.6) is 0 Å². The lowest BCUT2D eigenvalue weighted by atomic mass is 10.0. The number of β-amino-alcohol motifs (C(OH)–C–C–N with tert-alkyl or cyclic N) is 1. The Morgan fingerprint density at radius 3 is 2.83 bits per heavy atom. The van der Waals surface area contributed by atoms with Gasteiger partial charge in [0.05, 0.1) is 6.10 Å². The van der Waals surface area contributed by atoms with Crippen LogP contribution < -0.4 is 5.56 Å². The van der Waals surface area contributed by atoms with Crippen molar-refractivity contribution < 1.29 is 9.90 Å². The molecule has 5 nitrogen and oxygen atoms in total. The number of aryl methyl sites for hydroxylation is 2. The van der Waals surface area contributed by atoms with E-state index in [0.717, 1.165) is 12.1 Å². The Balaban J connectivity index is 2.31. The van der Waals surface area contributed by atoms with Crippen molar-refractivity contribution in [1.29, 1.82) is 0 Å². The second-order valence-electron chi connectivity index (χ2n) is 4.89. The number of aliphatic hydroxyl groups is 1. The number of nitrogens with zero attached hydrogens (tertiary/aromatic N) is 1. The molecule has 1 aromatic heterocycles. The van der Waals surface area contributed by atoms with Gasteiger partial charge in [-0.25, -0.2) is 0 Å². The molecule has 0 bridgehead atoms. The number of pyridine rings is 1. The molecule has 1 amide bonds. The number of hydrogen-bond acceptors (Lipinski definition) is 3. The van der Waals surface area contributed by atoms with Gasteiger partial charge in [0, 0.05) is 18.8 Å². The highest BCUT2D eigenvalue weighted by Crippen LogP contribution is 2.14. The first-order chi connectivity index (χ1) is 8.49. The van der Waals surface area contributed by atoms with Gasteiger partial charge in [-0.3, -0.25) is 9.59 Å². The zero-order chi connectivity index (χ0) is 13.3. The third-order valence-electron chi connectivity index (χ3n) is 3.26. The van der Waals surface area contributed by atoms with E-state index in [4.69, 9.17) is 0 Å². The van der Waals surface area contributed by atoms with Crippen LogP contribution in [0.4, 0.5) is 0 Å². The Morgan fingerprint density at radius 2 is 2.22 bits per heavy atom. The van der Waals surface area contributed by atoms with Gasteiger partial charge in [0.2, 0.25) is 0 Å². The van der Waals surface area contributed by atoms with E-state index in [1.54, 1.807) is 24.8 Å². The van der Waals surface area contributed by atoms with Crippen LogP contribution in [0.1, 0.15) is 34.5 Å². The van der Waals surface area contributed by atoms with Crippen LogP contribution in [-0.4, -0.2) is 40.1 Å². The molecule has 18 heavy (non-hydrogen) atoms. The molecule has 1 atom stereocenters. The fourth-order valence-electron chi connectivity index (χ4n) is 2.42. The molecule has 2 heterocycles. The van der Waals surface area contributed by atoms with Crippen molar-refractivity contribution in [2.45, 2.75) is 32.8 Å². The summed E-state index contributed by atoms with van der Waals surface area (Å²) in [4.78, 5) is 28.4. The van der Waals surface area contributed by atoms with Crippen molar-refractivity contribution >= 4 is 5.91 Å². The van der Waals surface area contributed by atoms with Gasteiger partial charge in [0.15, 0.2) is 0 Å². The number of aromatic nitrogens is 1. The maximum Gasteiger partial charge on any atom is 0.261 e. The van der Waals surface area contributed by atoms with Crippen LogP contribution in [0, 0.1) is 13.8 Å². The third kappa shape index (κ3) is 2.46. The lowest BCUT2D eigenvalue weighted by molar-refractivity contribution is 0.0471. The Hall–Kier alpha value is -1.62. The smallest absolute Gasteiger partial charge is 0.261 e. The van der Waals surface area contributed by atoms with E-state index in [-0.39, 0.29) is 17.0 Å². The van der Waals surface area contributed by atoms with E-state index in [1.165, 1.54) is 0 Å². The first kappa shape index (κ1) is 12.8. The lowest BCUT2D eigenvalue weighted by Crippen LogP contribution is -2.44. The number of carbonyl (C=O) groups is 1. The molecule has 1 fully saturated rings. The number of piperidine rings is 1. The molecule has 1 aromatic rings. The molecule has 1 unspecified atom stereocenters. The van der Waals surface area contributed by atoms with Gasteiger partial charge >= 0.3 is 0 Å². The third-order valence-corrected chi connectivity index (χ3v) is 3.26. The van der Waals surface area contributed by atoms with E-state index in [2.05, 4.69) is 4.98 Å². The normalized spacial score (nSPS) is 19.9. The Kier molecular flexibility index (Phi) is 3.52.